The fourth-order valence-electron chi connectivity index (χ4n) is 10.9. The number of fused-ring (bicyclic) bond motifs is 18. The molecule has 0 spiro atoms. The van der Waals surface area contributed by atoms with Crippen molar-refractivity contribution in [3.8, 4) is 22.9 Å². The Hall–Kier alpha value is -8.48. The largest absolute Gasteiger partial charge is 0.437 e. The molecule has 0 aliphatic heterocycles. The van der Waals surface area contributed by atoms with Crippen LogP contribution in [0.15, 0.2) is 192 Å². The molecule has 6 heterocycles. The van der Waals surface area contributed by atoms with Gasteiger partial charge in [-0.1, -0.05) is 133 Å². The van der Waals surface area contributed by atoms with Crippen LogP contribution in [-0.2, 0) is 0 Å². The molecule has 62 heavy (non-hydrogen) atoms. The number of hydrogen-bond donors (Lipinski definition) is 0. The second-order valence-corrected chi connectivity index (χ2v) is 16.5. The number of furan rings is 1. The second kappa shape index (κ2) is 11.6. The standard InChI is InChI=1S/C56H31N5O/c1-2-15-34(16-3-1)59-42-22-10-6-18-36(42)38-28-26-33(30-46(38)59)54-57-55(51-40-21-9-13-25-48(40)62-56(51)58-54)61-44-24-12-8-20-39(44)50-47(61)31-41-37-19-7-11-23-43(37)60-45-29-27-32-14-4-5-17-35(32)49(45)52(50)53(41)60/h1-31H. The van der Waals surface area contributed by atoms with Crippen LogP contribution in [0.2, 0.25) is 0 Å². The van der Waals surface area contributed by atoms with E-state index < -0.39 is 0 Å². The molecule has 0 radical (unpaired) electrons. The summed E-state index contributed by atoms with van der Waals surface area (Å²) in [6, 6.07) is 67.4. The Morgan fingerprint density at radius 1 is 0.371 bits per heavy atom. The van der Waals surface area contributed by atoms with Gasteiger partial charge in [-0.15, -0.1) is 0 Å². The Labute approximate surface area is 352 Å². The lowest BCUT2D eigenvalue weighted by atomic mass is 9.98. The van der Waals surface area contributed by atoms with Crippen LogP contribution in [0.3, 0.4) is 0 Å². The van der Waals surface area contributed by atoms with Crippen molar-refractivity contribution in [2.45, 2.75) is 0 Å². The predicted molar refractivity (Wildman–Crippen MR) is 256 cm³/mol. The first-order chi connectivity index (χ1) is 30.8. The lowest BCUT2D eigenvalue weighted by Crippen LogP contribution is -2.02. The molecule has 0 aliphatic rings. The van der Waals surface area contributed by atoms with Gasteiger partial charge in [-0.05, 0) is 65.4 Å². The van der Waals surface area contributed by atoms with Gasteiger partial charge in [-0.3, -0.25) is 4.57 Å². The lowest BCUT2D eigenvalue weighted by molar-refractivity contribution is 0.653. The summed E-state index contributed by atoms with van der Waals surface area (Å²) < 4.78 is 13.9. The summed E-state index contributed by atoms with van der Waals surface area (Å²) in [5.41, 5.74) is 11.4. The van der Waals surface area contributed by atoms with E-state index in [1.807, 2.05) is 12.1 Å². The highest BCUT2D eigenvalue weighted by Gasteiger charge is 2.28. The van der Waals surface area contributed by atoms with Gasteiger partial charge in [0.15, 0.2) is 11.6 Å². The molecule has 9 aromatic carbocycles. The molecule has 0 bridgehead atoms. The van der Waals surface area contributed by atoms with Crippen molar-refractivity contribution in [2.24, 2.45) is 0 Å². The third-order valence-electron chi connectivity index (χ3n) is 13.4. The maximum absolute atomic E-state index is 6.70. The van der Waals surface area contributed by atoms with E-state index >= 15 is 0 Å². The van der Waals surface area contributed by atoms with Crippen molar-refractivity contribution in [1.82, 2.24) is 23.5 Å². The van der Waals surface area contributed by atoms with Crippen LogP contribution < -0.4 is 0 Å². The smallest absolute Gasteiger partial charge is 0.233 e. The number of aromatic nitrogens is 5. The minimum atomic E-state index is 0.555. The minimum absolute atomic E-state index is 0.555. The highest BCUT2D eigenvalue weighted by Crippen LogP contribution is 2.49. The van der Waals surface area contributed by atoms with Crippen molar-refractivity contribution < 1.29 is 4.42 Å². The highest BCUT2D eigenvalue weighted by atomic mass is 16.3. The van der Waals surface area contributed by atoms with Gasteiger partial charge in [-0.25, -0.2) is 4.98 Å². The molecule has 0 fully saturated rings. The Balaban J connectivity index is 1.11. The molecule has 6 aromatic heterocycles. The maximum Gasteiger partial charge on any atom is 0.233 e. The van der Waals surface area contributed by atoms with Gasteiger partial charge in [0.1, 0.15) is 5.58 Å². The minimum Gasteiger partial charge on any atom is -0.437 e. The third-order valence-corrected chi connectivity index (χ3v) is 13.4. The zero-order valence-corrected chi connectivity index (χ0v) is 33.0. The molecule has 0 saturated carbocycles. The molecule has 0 N–H and O–H groups in total. The van der Waals surface area contributed by atoms with Crippen molar-refractivity contribution >= 4 is 115 Å². The van der Waals surface area contributed by atoms with Gasteiger partial charge in [0.2, 0.25) is 5.71 Å². The first-order valence-corrected chi connectivity index (χ1v) is 21.1. The summed E-state index contributed by atoms with van der Waals surface area (Å²) in [5.74, 6) is 1.39. The molecule has 0 atom stereocenters. The summed E-state index contributed by atoms with van der Waals surface area (Å²) in [6.07, 6.45) is 0. The molecule has 0 unspecified atom stereocenters. The second-order valence-electron chi connectivity index (χ2n) is 16.5. The van der Waals surface area contributed by atoms with Gasteiger partial charge in [0.25, 0.3) is 0 Å². The molecular weight excluding hydrogens is 759 g/mol. The Morgan fingerprint density at radius 3 is 1.85 bits per heavy atom. The third kappa shape index (κ3) is 4.04. The van der Waals surface area contributed by atoms with Crippen LogP contribution in [0.4, 0.5) is 0 Å². The highest BCUT2D eigenvalue weighted by molar-refractivity contribution is 6.39. The van der Waals surface area contributed by atoms with E-state index in [0.29, 0.717) is 11.5 Å². The summed E-state index contributed by atoms with van der Waals surface area (Å²) in [6.45, 7) is 0. The zero-order chi connectivity index (χ0) is 40.2. The van der Waals surface area contributed by atoms with E-state index in [-0.39, 0.29) is 0 Å². The number of para-hydroxylation sites is 5. The molecule has 0 amide bonds. The molecule has 0 saturated heterocycles. The fourth-order valence-corrected chi connectivity index (χ4v) is 10.9. The lowest BCUT2D eigenvalue weighted by Gasteiger charge is -2.12. The van der Waals surface area contributed by atoms with Crippen LogP contribution >= 0.6 is 0 Å². The molecule has 0 aliphatic carbocycles. The van der Waals surface area contributed by atoms with Crippen molar-refractivity contribution in [3.63, 3.8) is 0 Å². The van der Waals surface area contributed by atoms with Crippen LogP contribution in [0.25, 0.3) is 137 Å². The summed E-state index contributed by atoms with van der Waals surface area (Å²) in [4.78, 5) is 10.9. The van der Waals surface area contributed by atoms with Gasteiger partial charge in [0, 0.05) is 59.7 Å². The number of benzene rings is 9. The number of hydrogen-bond acceptors (Lipinski definition) is 3. The van der Waals surface area contributed by atoms with Crippen molar-refractivity contribution in [3.05, 3.63) is 188 Å². The molecular formula is C56H31N5O. The first-order valence-electron chi connectivity index (χ1n) is 21.1. The van der Waals surface area contributed by atoms with E-state index in [1.54, 1.807) is 0 Å². The first kappa shape index (κ1) is 32.4. The molecule has 6 heteroatoms. The van der Waals surface area contributed by atoms with E-state index in [2.05, 4.69) is 189 Å². The van der Waals surface area contributed by atoms with Crippen molar-refractivity contribution in [2.75, 3.05) is 0 Å². The van der Waals surface area contributed by atoms with Crippen molar-refractivity contribution in [1.29, 1.82) is 0 Å². The summed E-state index contributed by atoms with van der Waals surface area (Å²) in [7, 11) is 0. The Morgan fingerprint density at radius 2 is 1.02 bits per heavy atom. The molecule has 286 valence electrons. The average molecular weight is 790 g/mol. The van der Waals surface area contributed by atoms with Crippen LogP contribution in [0, 0.1) is 0 Å². The van der Waals surface area contributed by atoms with E-state index in [0.717, 1.165) is 55.5 Å². The zero-order valence-electron chi connectivity index (χ0n) is 33.0. The number of rotatable bonds is 3. The number of nitrogens with zero attached hydrogens (tertiary/aromatic N) is 5. The quantitative estimate of drug-likeness (QED) is 0.179. The van der Waals surface area contributed by atoms with Gasteiger partial charge >= 0.3 is 0 Å². The van der Waals surface area contributed by atoms with Crippen LogP contribution in [0.5, 0.6) is 0 Å². The Kier molecular flexibility index (Phi) is 6.07. The van der Waals surface area contributed by atoms with E-state index in [9.17, 15) is 0 Å². The van der Waals surface area contributed by atoms with E-state index in [4.69, 9.17) is 14.4 Å². The topological polar surface area (TPSA) is 53.2 Å². The summed E-state index contributed by atoms with van der Waals surface area (Å²) in [5, 5.41) is 14.1. The SMILES string of the molecule is c1ccc(-n2c3ccccc3c3ccc(-c4nc(-n5c6ccccc6c6c7c8c9ccccc9ccc8n8c9ccccc9c(cc65)c78)c5c(n4)oc4ccccc45)cc32)cc1. The monoisotopic (exact) mass is 789 g/mol. The van der Waals surface area contributed by atoms with Gasteiger partial charge in [-0.2, -0.15) is 4.98 Å². The van der Waals surface area contributed by atoms with E-state index in [1.165, 1.54) is 70.4 Å². The molecule has 6 nitrogen and oxygen atoms in total. The molecule has 15 aromatic rings. The fraction of sp³-hybridized carbons (Fsp3) is 0. The maximum atomic E-state index is 6.70. The van der Waals surface area contributed by atoms with Gasteiger partial charge in [0.05, 0.1) is 44.0 Å². The van der Waals surface area contributed by atoms with Crippen LogP contribution in [0.1, 0.15) is 0 Å². The van der Waals surface area contributed by atoms with Gasteiger partial charge < -0.3 is 13.4 Å². The molecule has 15 rings (SSSR count). The van der Waals surface area contributed by atoms with Crippen LogP contribution in [-0.4, -0.2) is 23.5 Å². The summed E-state index contributed by atoms with van der Waals surface area (Å²) >= 11 is 0. The predicted octanol–water partition coefficient (Wildman–Crippen LogP) is 14.5. The Bertz CT molecular complexity index is 4390. The normalized spacial score (nSPS) is 12.5. The average Bonchev–Trinajstić information content (AvgIpc) is 4.13.